The molecule has 1 saturated heterocycles. The summed E-state index contributed by atoms with van der Waals surface area (Å²) in [6.45, 7) is 0.177. The zero-order valence-electron chi connectivity index (χ0n) is 23.3. The Balaban J connectivity index is 1.68. The summed E-state index contributed by atoms with van der Waals surface area (Å²) in [7, 11) is 2.91. The number of methoxy groups -OCH3 is 2. The van der Waals surface area contributed by atoms with E-state index in [9.17, 15) is 14.4 Å². The monoisotopic (exact) mass is 626 g/mol. The molecule has 1 aliphatic heterocycles. The predicted octanol–water partition coefficient (Wildman–Crippen LogP) is 5.91. The van der Waals surface area contributed by atoms with Gasteiger partial charge in [0.05, 0.1) is 31.7 Å². The number of nitrogens with zero attached hydrogens (tertiary/aromatic N) is 1. The lowest BCUT2D eigenvalue weighted by molar-refractivity contribution is -0.146. The van der Waals surface area contributed by atoms with Crippen molar-refractivity contribution in [3.63, 3.8) is 0 Å². The second kappa shape index (κ2) is 13.0. The van der Waals surface area contributed by atoms with Crippen molar-refractivity contribution in [1.82, 2.24) is 10.2 Å². The van der Waals surface area contributed by atoms with Gasteiger partial charge in [-0.05, 0) is 45.3 Å². The minimum absolute atomic E-state index is 0.177. The second-order valence-electron chi connectivity index (χ2n) is 10.0. The Hall–Kier alpha value is -4.43. The highest BCUT2D eigenvalue weighted by Crippen LogP contribution is 2.51. The molecule has 1 heterocycles. The molecule has 4 aromatic rings. The average molecular weight is 628 g/mol. The van der Waals surface area contributed by atoms with Crippen LogP contribution in [-0.2, 0) is 20.9 Å². The molecule has 8 heteroatoms. The van der Waals surface area contributed by atoms with Gasteiger partial charge in [0.25, 0.3) is 5.91 Å². The highest BCUT2D eigenvalue weighted by molar-refractivity contribution is 9.10. The number of carbonyl (C=O) groups excluding carboxylic acids is 3. The van der Waals surface area contributed by atoms with Crippen LogP contribution in [0.3, 0.4) is 0 Å². The first-order valence-electron chi connectivity index (χ1n) is 13.6. The second-order valence-corrected chi connectivity index (χ2v) is 10.9. The first-order chi connectivity index (χ1) is 20.5. The van der Waals surface area contributed by atoms with E-state index in [-0.39, 0.29) is 18.4 Å². The van der Waals surface area contributed by atoms with Crippen LogP contribution in [0, 0.1) is 5.92 Å². The number of para-hydroxylation sites is 1. The number of carbonyl (C=O) groups is 3. The maximum Gasteiger partial charge on any atom is 0.311 e. The fourth-order valence-electron chi connectivity index (χ4n) is 5.86. The summed E-state index contributed by atoms with van der Waals surface area (Å²) in [5, 5.41) is 3.04. The van der Waals surface area contributed by atoms with E-state index in [1.165, 1.54) is 7.11 Å². The number of ether oxygens (including phenoxy) is 2. The lowest BCUT2D eigenvalue weighted by Gasteiger charge is -2.32. The summed E-state index contributed by atoms with van der Waals surface area (Å²) in [5.41, 5.74) is 2.66. The Morgan fingerprint density at radius 3 is 2.02 bits per heavy atom. The molecule has 0 aliphatic carbocycles. The van der Waals surface area contributed by atoms with Gasteiger partial charge in [-0.2, -0.15) is 0 Å². The molecule has 0 radical (unpaired) electrons. The number of likely N-dealkylation sites (tertiary alicyclic amines) is 1. The molecule has 1 N–H and O–H groups in total. The number of hydrogen-bond donors (Lipinski definition) is 1. The van der Waals surface area contributed by atoms with Gasteiger partial charge in [-0.15, -0.1) is 0 Å². The van der Waals surface area contributed by atoms with Crippen LogP contribution in [0.5, 0.6) is 5.75 Å². The smallest absolute Gasteiger partial charge is 0.311 e. The van der Waals surface area contributed by atoms with E-state index < -0.39 is 29.9 Å². The van der Waals surface area contributed by atoms with Crippen LogP contribution in [0.15, 0.2) is 114 Å². The van der Waals surface area contributed by atoms with E-state index in [0.29, 0.717) is 15.8 Å². The third kappa shape index (κ3) is 5.67. The minimum Gasteiger partial charge on any atom is -0.496 e. The van der Waals surface area contributed by atoms with Gasteiger partial charge in [-0.3, -0.25) is 14.4 Å². The van der Waals surface area contributed by atoms with Crippen molar-refractivity contribution in [3.05, 3.63) is 136 Å². The number of nitrogens with one attached hydrogen (secondary N) is 1. The van der Waals surface area contributed by atoms with Crippen LogP contribution < -0.4 is 10.1 Å². The molecule has 4 aromatic carbocycles. The van der Waals surface area contributed by atoms with E-state index in [2.05, 4.69) is 21.2 Å². The van der Waals surface area contributed by atoms with Crippen LogP contribution in [-0.4, -0.2) is 42.9 Å². The minimum atomic E-state index is -1.03. The SMILES string of the molecule is COC(=O)C1C(c2ccccc2)C(C(=O)NCc2ccccc2OC)N(C(=O)c2ccccc2Br)C1c1ccccc1. The molecule has 1 fully saturated rings. The van der Waals surface area contributed by atoms with Gasteiger partial charge < -0.3 is 19.7 Å². The molecule has 214 valence electrons. The molecule has 5 rings (SSSR count). The van der Waals surface area contributed by atoms with E-state index in [1.54, 1.807) is 30.2 Å². The molecule has 0 spiro atoms. The van der Waals surface area contributed by atoms with Crippen molar-refractivity contribution < 1.29 is 23.9 Å². The Morgan fingerprint density at radius 2 is 1.38 bits per heavy atom. The lowest BCUT2D eigenvalue weighted by atomic mass is 9.80. The van der Waals surface area contributed by atoms with E-state index in [4.69, 9.17) is 9.47 Å². The van der Waals surface area contributed by atoms with Gasteiger partial charge in [0.15, 0.2) is 0 Å². The van der Waals surface area contributed by atoms with Crippen LogP contribution in [0.25, 0.3) is 0 Å². The molecule has 4 unspecified atom stereocenters. The molecule has 0 saturated carbocycles. The number of halogens is 1. The summed E-state index contributed by atoms with van der Waals surface area (Å²) in [5.74, 6) is -2.16. The van der Waals surface area contributed by atoms with Gasteiger partial charge >= 0.3 is 5.97 Å². The molecule has 42 heavy (non-hydrogen) atoms. The zero-order valence-corrected chi connectivity index (χ0v) is 24.9. The molecule has 2 amide bonds. The first kappa shape index (κ1) is 29.1. The van der Waals surface area contributed by atoms with Crippen LogP contribution in [0.2, 0.25) is 0 Å². The Bertz CT molecular complexity index is 1560. The average Bonchev–Trinajstić information content (AvgIpc) is 3.40. The molecule has 1 aliphatic rings. The topological polar surface area (TPSA) is 84.9 Å². The molecular weight excluding hydrogens is 596 g/mol. The van der Waals surface area contributed by atoms with E-state index in [0.717, 1.165) is 16.7 Å². The van der Waals surface area contributed by atoms with E-state index >= 15 is 0 Å². The molecular formula is C34H31BrN2O5. The Labute approximate surface area is 253 Å². The third-order valence-electron chi connectivity index (χ3n) is 7.72. The van der Waals surface area contributed by atoms with Gasteiger partial charge in [-0.1, -0.05) is 91.0 Å². The van der Waals surface area contributed by atoms with Gasteiger partial charge in [0, 0.05) is 22.5 Å². The van der Waals surface area contributed by atoms with Crippen molar-refractivity contribution >= 4 is 33.7 Å². The largest absolute Gasteiger partial charge is 0.496 e. The maximum atomic E-state index is 14.5. The van der Waals surface area contributed by atoms with Crippen molar-refractivity contribution in [2.75, 3.05) is 14.2 Å². The fraction of sp³-hybridized carbons (Fsp3) is 0.206. The number of hydrogen-bond acceptors (Lipinski definition) is 5. The molecule has 0 aromatic heterocycles. The number of amides is 2. The zero-order chi connectivity index (χ0) is 29.6. The summed E-state index contributed by atoms with van der Waals surface area (Å²) in [6, 6.07) is 31.4. The first-order valence-corrected chi connectivity index (χ1v) is 14.4. The number of esters is 1. The quantitative estimate of drug-likeness (QED) is 0.246. The fourth-order valence-corrected chi connectivity index (χ4v) is 6.31. The predicted molar refractivity (Wildman–Crippen MR) is 163 cm³/mol. The van der Waals surface area contributed by atoms with Crippen molar-refractivity contribution in [3.8, 4) is 5.75 Å². The highest BCUT2D eigenvalue weighted by atomic mass is 79.9. The third-order valence-corrected chi connectivity index (χ3v) is 8.41. The summed E-state index contributed by atoms with van der Waals surface area (Å²) >= 11 is 3.52. The highest BCUT2D eigenvalue weighted by Gasteiger charge is 2.58. The standard InChI is InChI=1S/C34H31BrN2O5/c1-41-27-20-12-9-17-24(27)21-36-32(38)31-28(22-13-5-3-6-14-22)29(34(40)42-2)30(23-15-7-4-8-16-23)37(31)33(39)25-18-10-11-19-26(25)35/h3-20,28-31H,21H2,1-2H3,(H,36,38). The molecule has 7 nitrogen and oxygen atoms in total. The normalized spacial score (nSPS) is 19.6. The summed E-state index contributed by atoms with van der Waals surface area (Å²) < 4.78 is 11.4. The maximum absolute atomic E-state index is 14.5. The van der Waals surface area contributed by atoms with Crippen molar-refractivity contribution in [1.29, 1.82) is 0 Å². The van der Waals surface area contributed by atoms with Crippen molar-refractivity contribution in [2.45, 2.75) is 24.5 Å². The van der Waals surface area contributed by atoms with Gasteiger partial charge in [0.1, 0.15) is 11.8 Å². The Morgan fingerprint density at radius 1 is 0.786 bits per heavy atom. The van der Waals surface area contributed by atoms with Crippen LogP contribution in [0.1, 0.15) is 39.0 Å². The number of benzene rings is 4. The van der Waals surface area contributed by atoms with Crippen LogP contribution >= 0.6 is 15.9 Å². The van der Waals surface area contributed by atoms with E-state index in [1.807, 2.05) is 91.0 Å². The number of rotatable bonds is 8. The molecule has 0 bridgehead atoms. The lowest BCUT2D eigenvalue weighted by Crippen LogP contribution is -2.48. The Kier molecular flexibility index (Phi) is 9.03. The van der Waals surface area contributed by atoms with Crippen LogP contribution in [0.4, 0.5) is 0 Å². The molecule has 4 atom stereocenters. The van der Waals surface area contributed by atoms with Gasteiger partial charge in [0.2, 0.25) is 5.91 Å². The summed E-state index contributed by atoms with van der Waals surface area (Å²) in [4.78, 5) is 44.1. The van der Waals surface area contributed by atoms with Gasteiger partial charge in [-0.25, -0.2) is 0 Å². The summed E-state index contributed by atoms with van der Waals surface area (Å²) in [6.07, 6.45) is 0. The van der Waals surface area contributed by atoms with Crippen molar-refractivity contribution in [2.24, 2.45) is 5.92 Å².